The lowest BCUT2D eigenvalue weighted by molar-refractivity contribution is 0.834. The third-order valence-electron chi connectivity index (χ3n) is 4.96. The van der Waals surface area contributed by atoms with E-state index in [1.165, 1.54) is 22.3 Å². The summed E-state index contributed by atoms with van der Waals surface area (Å²) in [5, 5.41) is 0. The van der Waals surface area contributed by atoms with E-state index in [4.69, 9.17) is 0 Å². The number of nitrogens with zero attached hydrogens (tertiary/aromatic N) is 2. The van der Waals surface area contributed by atoms with Gasteiger partial charge in [-0.15, -0.1) is 0 Å². The van der Waals surface area contributed by atoms with Crippen molar-refractivity contribution < 1.29 is 0 Å². The van der Waals surface area contributed by atoms with E-state index >= 15 is 0 Å². The molecule has 0 heterocycles. The Kier molecular flexibility index (Phi) is 7.56. The second-order valence-corrected chi connectivity index (χ2v) is 8.21. The van der Waals surface area contributed by atoms with Gasteiger partial charge in [0.2, 0.25) is 0 Å². The van der Waals surface area contributed by atoms with Crippen molar-refractivity contribution >= 4 is 17.4 Å². The van der Waals surface area contributed by atoms with Crippen molar-refractivity contribution in [1.29, 1.82) is 0 Å². The predicted octanol–water partition coefficient (Wildman–Crippen LogP) is 8.15. The van der Waals surface area contributed by atoms with E-state index in [2.05, 4.69) is 101 Å². The SMILES string of the molecule is CCCc1cccc(C(C)C)c1N=C=Nc1ccc(C(C)C)cc1C(C)C. The van der Waals surface area contributed by atoms with Crippen LogP contribution in [-0.2, 0) is 6.42 Å². The van der Waals surface area contributed by atoms with Crippen LogP contribution in [0.5, 0.6) is 0 Å². The zero-order valence-corrected chi connectivity index (χ0v) is 18.0. The highest BCUT2D eigenvalue weighted by Crippen LogP contribution is 2.32. The fourth-order valence-electron chi connectivity index (χ4n) is 3.31. The third kappa shape index (κ3) is 5.40. The van der Waals surface area contributed by atoms with Crippen molar-refractivity contribution in [2.24, 2.45) is 9.98 Å². The lowest BCUT2D eigenvalue weighted by Gasteiger charge is -2.13. The minimum atomic E-state index is 0.419. The Bertz CT molecular complexity index is 822. The van der Waals surface area contributed by atoms with Crippen molar-refractivity contribution in [3.63, 3.8) is 0 Å². The molecule has 0 aliphatic heterocycles. The Hall–Kier alpha value is -2.18. The van der Waals surface area contributed by atoms with Gasteiger partial charge in [0.05, 0.1) is 11.4 Å². The van der Waals surface area contributed by atoms with E-state index in [0.29, 0.717) is 17.8 Å². The molecule has 0 saturated carbocycles. The second-order valence-electron chi connectivity index (χ2n) is 8.21. The van der Waals surface area contributed by atoms with Gasteiger partial charge < -0.3 is 0 Å². The molecular weight excluding hydrogens is 328 g/mol. The van der Waals surface area contributed by atoms with Gasteiger partial charge in [0, 0.05) is 0 Å². The Morgan fingerprint density at radius 1 is 0.815 bits per heavy atom. The molecule has 2 rings (SSSR count). The van der Waals surface area contributed by atoms with Gasteiger partial charge in [-0.1, -0.05) is 85.2 Å². The summed E-state index contributed by atoms with van der Waals surface area (Å²) in [6.45, 7) is 15.5. The summed E-state index contributed by atoms with van der Waals surface area (Å²) < 4.78 is 0. The van der Waals surface area contributed by atoms with Crippen LogP contribution < -0.4 is 0 Å². The number of hydrogen-bond acceptors (Lipinski definition) is 2. The Morgan fingerprint density at radius 2 is 1.52 bits per heavy atom. The summed E-state index contributed by atoms with van der Waals surface area (Å²) in [6, 6.07) is 16.0. The minimum absolute atomic E-state index is 0.419. The van der Waals surface area contributed by atoms with E-state index in [0.717, 1.165) is 24.2 Å². The van der Waals surface area contributed by atoms with Crippen molar-refractivity contribution in [2.45, 2.75) is 79.1 Å². The number of hydrogen-bond donors (Lipinski definition) is 0. The van der Waals surface area contributed by atoms with Gasteiger partial charge in [0.25, 0.3) is 0 Å². The van der Waals surface area contributed by atoms with E-state index in [1.807, 2.05) is 0 Å². The average Bonchev–Trinajstić information content (AvgIpc) is 2.62. The molecule has 0 aliphatic rings. The number of benzene rings is 2. The minimum Gasteiger partial charge on any atom is -0.187 e. The maximum absolute atomic E-state index is 4.68. The van der Waals surface area contributed by atoms with Crippen LogP contribution in [0.15, 0.2) is 46.4 Å². The zero-order chi connectivity index (χ0) is 20.0. The van der Waals surface area contributed by atoms with E-state index in [-0.39, 0.29) is 0 Å². The van der Waals surface area contributed by atoms with E-state index in [9.17, 15) is 0 Å². The van der Waals surface area contributed by atoms with Gasteiger partial charge in [-0.2, -0.15) is 9.98 Å². The highest BCUT2D eigenvalue weighted by Gasteiger charge is 2.11. The van der Waals surface area contributed by atoms with Crippen molar-refractivity contribution in [3.8, 4) is 0 Å². The van der Waals surface area contributed by atoms with Gasteiger partial charge in [0.1, 0.15) is 6.01 Å². The van der Waals surface area contributed by atoms with Gasteiger partial charge in [-0.25, -0.2) is 0 Å². The first-order valence-electron chi connectivity index (χ1n) is 10.3. The topological polar surface area (TPSA) is 24.7 Å². The fraction of sp³-hybridized carbons (Fsp3) is 0.480. The van der Waals surface area contributed by atoms with Crippen molar-refractivity contribution in [2.75, 3.05) is 0 Å². The lowest BCUT2D eigenvalue weighted by atomic mass is 9.94. The molecule has 27 heavy (non-hydrogen) atoms. The van der Waals surface area contributed by atoms with Crippen LogP contribution in [0.1, 0.15) is 94.9 Å². The van der Waals surface area contributed by atoms with Crippen LogP contribution in [0.25, 0.3) is 0 Å². The standard InChI is InChI=1S/C25H34N2/c1-8-10-20-11-9-12-22(18(4)5)25(20)27-16-26-24-14-13-21(17(2)3)15-23(24)19(6)7/h9,11-15,17-19H,8,10H2,1-7H3. The molecule has 2 heteroatoms. The van der Waals surface area contributed by atoms with Crippen LogP contribution >= 0.6 is 0 Å². The molecule has 0 aromatic heterocycles. The van der Waals surface area contributed by atoms with Gasteiger partial charge >= 0.3 is 0 Å². The fourth-order valence-corrected chi connectivity index (χ4v) is 3.31. The molecule has 0 spiro atoms. The summed E-state index contributed by atoms with van der Waals surface area (Å²) in [7, 11) is 0. The molecule has 0 amide bonds. The molecule has 2 aromatic rings. The smallest absolute Gasteiger partial charge is 0.101 e. The number of aryl methyl sites for hydroxylation is 1. The zero-order valence-electron chi connectivity index (χ0n) is 18.0. The first-order valence-corrected chi connectivity index (χ1v) is 10.3. The highest BCUT2D eigenvalue weighted by atomic mass is 14.8. The van der Waals surface area contributed by atoms with Gasteiger partial charge in [-0.05, 0) is 52.5 Å². The summed E-state index contributed by atoms with van der Waals surface area (Å²) in [5.74, 6) is 1.37. The predicted molar refractivity (Wildman–Crippen MR) is 118 cm³/mol. The molecule has 0 saturated heterocycles. The molecular formula is C25H34N2. The lowest BCUT2D eigenvalue weighted by Crippen LogP contribution is -1.94. The average molecular weight is 363 g/mol. The van der Waals surface area contributed by atoms with Crippen LogP contribution in [0.3, 0.4) is 0 Å². The number of rotatable bonds is 7. The van der Waals surface area contributed by atoms with Crippen LogP contribution in [0, 0.1) is 0 Å². The molecule has 2 aromatic carbocycles. The molecule has 0 unspecified atom stereocenters. The maximum Gasteiger partial charge on any atom is 0.101 e. The van der Waals surface area contributed by atoms with Crippen molar-refractivity contribution in [3.05, 3.63) is 58.7 Å². The molecule has 2 nitrogen and oxygen atoms in total. The monoisotopic (exact) mass is 362 g/mol. The molecule has 0 N–H and O–H groups in total. The van der Waals surface area contributed by atoms with Crippen LogP contribution in [-0.4, -0.2) is 6.01 Å². The Labute approximate surface area is 165 Å². The van der Waals surface area contributed by atoms with E-state index < -0.39 is 0 Å². The first-order chi connectivity index (χ1) is 12.8. The quantitative estimate of drug-likeness (QED) is 0.444. The summed E-state index contributed by atoms with van der Waals surface area (Å²) >= 11 is 0. The summed E-state index contributed by atoms with van der Waals surface area (Å²) in [6.07, 6.45) is 2.14. The molecule has 0 aliphatic carbocycles. The molecule has 0 radical (unpaired) electrons. The number of para-hydroxylation sites is 1. The van der Waals surface area contributed by atoms with Gasteiger partial charge in [0.15, 0.2) is 0 Å². The van der Waals surface area contributed by atoms with E-state index in [1.54, 1.807) is 0 Å². The molecule has 0 atom stereocenters. The first kappa shape index (κ1) is 21.1. The Morgan fingerprint density at radius 3 is 2.11 bits per heavy atom. The third-order valence-corrected chi connectivity index (χ3v) is 4.96. The number of aliphatic imine (C=N–C) groups is 2. The van der Waals surface area contributed by atoms with Crippen LogP contribution in [0.2, 0.25) is 0 Å². The normalized spacial score (nSPS) is 11.2. The second kappa shape index (κ2) is 9.67. The largest absolute Gasteiger partial charge is 0.187 e. The molecule has 0 fully saturated rings. The highest BCUT2D eigenvalue weighted by molar-refractivity contribution is 5.65. The summed E-state index contributed by atoms with van der Waals surface area (Å²) in [5.41, 5.74) is 7.17. The van der Waals surface area contributed by atoms with Crippen LogP contribution in [0.4, 0.5) is 11.4 Å². The molecule has 144 valence electrons. The van der Waals surface area contributed by atoms with Gasteiger partial charge in [-0.3, -0.25) is 0 Å². The summed E-state index contributed by atoms with van der Waals surface area (Å²) in [4.78, 5) is 9.29. The molecule has 0 bridgehead atoms. The Balaban J connectivity index is 2.48. The van der Waals surface area contributed by atoms with Crippen molar-refractivity contribution in [1.82, 2.24) is 0 Å². The maximum atomic E-state index is 4.68.